The van der Waals surface area contributed by atoms with Gasteiger partial charge in [-0.2, -0.15) is 0 Å². The summed E-state index contributed by atoms with van der Waals surface area (Å²) in [5.41, 5.74) is 0.712. The number of aromatic nitrogens is 2. The van der Waals surface area contributed by atoms with Crippen LogP contribution in [0.1, 0.15) is 12.5 Å². The zero-order valence-electron chi connectivity index (χ0n) is 8.64. The van der Waals surface area contributed by atoms with Crippen LogP contribution in [0.25, 0.3) is 6.08 Å². The molecule has 1 aromatic rings. The van der Waals surface area contributed by atoms with Gasteiger partial charge in [-0.05, 0) is 13.0 Å². The standard InChI is InChI=1S/C10H12N2O3/c1-3-15-9(13)5-4-8-6-11-10(14-2)12-7-8/h4-7H,3H2,1-2H3/b5-4-. The smallest absolute Gasteiger partial charge is 0.330 e. The van der Waals surface area contributed by atoms with E-state index in [4.69, 9.17) is 9.47 Å². The van der Waals surface area contributed by atoms with Crippen molar-refractivity contribution in [3.8, 4) is 6.01 Å². The lowest BCUT2D eigenvalue weighted by Crippen LogP contribution is -1.98. The molecule has 0 atom stereocenters. The Balaban J connectivity index is 2.60. The molecule has 1 heterocycles. The van der Waals surface area contributed by atoms with Gasteiger partial charge < -0.3 is 9.47 Å². The largest absolute Gasteiger partial charge is 0.467 e. The van der Waals surface area contributed by atoms with Crippen LogP contribution in [0.5, 0.6) is 6.01 Å². The van der Waals surface area contributed by atoms with Gasteiger partial charge in [-0.15, -0.1) is 0 Å². The normalized spacial score (nSPS) is 10.3. The van der Waals surface area contributed by atoms with Crippen molar-refractivity contribution in [2.24, 2.45) is 0 Å². The van der Waals surface area contributed by atoms with E-state index in [1.165, 1.54) is 13.2 Å². The Morgan fingerprint density at radius 2 is 2.13 bits per heavy atom. The molecule has 80 valence electrons. The maximum atomic E-state index is 11.0. The lowest BCUT2D eigenvalue weighted by Gasteiger charge is -1.97. The van der Waals surface area contributed by atoms with Crippen molar-refractivity contribution in [2.75, 3.05) is 13.7 Å². The lowest BCUT2D eigenvalue weighted by molar-refractivity contribution is -0.137. The van der Waals surface area contributed by atoms with Crippen molar-refractivity contribution in [1.82, 2.24) is 9.97 Å². The molecule has 0 amide bonds. The van der Waals surface area contributed by atoms with Crippen LogP contribution >= 0.6 is 0 Å². The minimum Gasteiger partial charge on any atom is -0.467 e. The number of hydrogen-bond acceptors (Lipinski definition) is 5. The monoisotopic (exact) mass is 208 g/mol. The molecular formula is C10H12N2O3. The SMILES string of the molecule is CCOC(=O)/C=C\c1cnc(OC)nc1. The first kappa shape index (κ1) is 11.2. The third-order valence-electron chi connectivity index (χ3n) is 1.53. The maximum Gasteiger partial charge on any atom is 0.330 e. The molecule has 0 bridgehead atoms. The zero-order chi connectivity index (χ0) is 11.1. The highest BCUT2D eigenvalue weighted by molar-refractivity contribution is 5.86. The van der Waals surface area contributed by atoms with Gasteiger partial charge in [0.15, 0.2) is 0 Å². The molecule has 0 N–H and O–H groups in total. The van der Waals surface area contributed by atoms with E-state index in [0.717, 1.165) is 0 Å². The summed E-state index contributed by atoms with van der Waals surface area (Å²) in [6, 6.07) is 0.295. The average Bonchev–Trinajstić information content (AvgIpc) is 2.27. The molecule has 0 aromatic carbocycles. The van der Waals surface area contributed by atoms with E-state index in [-0.39, 0.29) is 5.97 Å². The summed E-state index contributed by atoms with van der Waals surface area (Å²) < 4.78 is 9.51. The van der Waals surface area contributed by atoms with E-state index < -0.39 is 0 Å². The van der Waals surface area contributed by atoms with Crippen LogP contribution in [0.3, 0.4) is 0 Å². The Morgan fingerprint density at radius 1 is 1.47 bits per heavy atom. The second kappa shape index (κ2) is 5.74. The van der Waals surface area contributed by atoms with E-state index in [0.29, 0.717) is 18.2 Å². The predicted octanol–water partition coefficient (Wildman–Crippen LogP) is 1.06. The van der Waals surface area contributed by atoms with Crippen molar-refractivity contribution < 1.29 is 14.3 Å². The van der Waals surface area contributed by atoms with Gasteiger partial charge in [0.25, 0.3) is 0 Å². The topological polar surface area (TPSA) is 61.3 Å². The molecular weight excluding hydrogens is 196 g/mol. The summed E-state index contributed by atoms with van der Waals surface area (Å²) in [5.74, 6) is -0.381. The molecule has 1 aromatic heterocycles. The summed E-state index contributed by atoms with van der Waals surface area (Å²) in [4.78, 5) is 18.7. The molecule has 0 radical (unpaired) electrons. The Hall–Kier alpha value is -1.91. The van der Waals surface area contributed by atoms with Gasteiger partial charge in [0.1, 0.15) is 0 Å². The van der Waals surface area contributed by atoms with Gasteiger partial charge in [-0.25, -0.2) is 14.8 Å². The van der Waals surface area contributed by atoms with Crippen molar-refractivity contribution in [1.29, 1.82) is 0 Å². The number of carbonyl (C=O) groups is 1. The number of hydrogen-bond donors (Lipinski definition) is 0. The number of methoxy groups -OCH3 is 1. The molecule has 1 rings (SSSR count). The average molecular weight is 208 g/mol. The van der Waals surface area contributed by atoms with E-state index in [2.05, 4.69) is 9.97 Å². The Labute approximate surface area is 87.8 Å². The highest BCUT2D eigenvalue weighted by Gasteiger charge is 1.96. The number of esters is 1. The van der Waals surface area contributed by atoms with Crippen molar-refractivity contribution in [3.63, 3.8) is 0 Å². The minimum absolute atomic E-state index is 0.295. The third-order valence-corrected chi connectivity index (χ3v) is 1.53. The molecule has 0 aliphatic heterocycles. The molecule has 0 fully saturated rings. The third kappa shape index (κ3) is 3.76. The lowest BCUT2D eigenvalue weighted by atomic mass is 10.3. The van der Waals surface area contributed by atoms with Gasteiger partial charge in [-0.3, -0.25) is 0 Å². The predicted molar refractivity (Wildman–Crippen MR) is 54.3 cm³/mol. The van der Waals surface area contributed by atoms with Crippen molar-refractivity contribution in [2.45, 2.75) is 6.92 Å². The summed E-state index contributed by atoms with van der Waals surface area (Å²) in [6.45, 7) is 2.12. The second-order valence-corrected chi connectivity index (χ2v) is 2.59. The fourth-order valence-electron chi connectivity index (χ4n) is 0.872. The van der Waals surface area contributed by atoms with Crippen LogP contribution < -0.4 is 4.74 Å². The molecule has 0 saturated heterocycles. The highest BCUT2D eigenvalue weighted by Crippen LogP contribution is 2.03. The summed E-state index contributed by atoms with van der Waals surface area (Å²) in [6.07, 6.45) is 6.02. The molecule has 0 aliphatic carbocycles. The number of carbonyl (C=O) groups excluding carboxylic acids is 1. The number of nitrogens with zero attached hydrogens (tertiary/aromatic N) is 2. The van der Waals surface area contributed by atoms with Crippen LogP contribution in [-0.2, 0) is 9.53 Å². The molecule has 15 heavy (non-hydrogen) atoms. The van der Waals surface area contributed by atoms with Crippen LogP contribution in [0.15, 0.2) is 18.5 Å². The van der Waals surface area contributed by atoms with Gasteiger partial charge in [-0.1, -0.05) is 0 Å². The zero-order valence-corrected chi connectivity index (χ0v) is 8.64. The van der Waals surface area contributed by atoms with E-state index in [1.807, 2.05) is 0 Å². The molecule has 0 aliphatic rings. The minimum atomic E-state index is -0.381. The molecule has 0 unspecified atom stereocenters. The highest BCUT2D eigenvalue weighted by atomic mass is 16.5. The summed E-state index contributed by atoms with van der Waals surface area (Å²) >= 11 is 0. The summed E-state index contributed by atoms with van der Waals surface area (Å²) in [5, 5.41) is 0. The maximum absolute atomic E-state index is 11.0. The van der Waals surface area contributed by atoms with Crippen LogP contribution in [-0.4, -0.2) is 29.7 Å². The molecule has 5 heteroatoms. The van der Waals surface area contributed by atoms with E-state index in [1.54, 1.807) is 25.4 Å². The van der Waals surface area contributed by atoms with Gasteiger partial charge in [0.2, 0.25) is 0 Å². The number of rotatable bonds is 4. The molecule has 0 spiro atoms. The van der Waals surface area contributed by atoms with Crippen LogP contribution in [0.2, 0.25) is 0 Å². The Kier molecular flexibility index (Phi) is 4.28. The first-order valence-electron chi connectivity index (χ1n) is 4.47. The van der Waals surface area contributed by atoms with E-state index in [9.17, 15) is 4.79 Å². The quantitative estimate of drug-likeness (QED) is 0.547. The fraction of sp³-hybridized carbons (Fsp3) is 0.300. The van der Waals surface area contributed by atoms with Gasteiger partial charge >= 0.3 is 12.0 Å². The van der Waals surface area contributed by atoms with Crippen LogP contribution in [0.4, 0.5) is 0 Å². The Bertz CT molecular complexity index is 346. The van der Waals surface area contributed by atoms with Crippen LogP contribution in [0, 0.1) is 0 Å². The first-order chi connectivity index (χ1) is 7.26. The molecule has 0 saturated carbocycles. The summed E-state index contributed by atoms with van der Waals surface area (Å²) in [7, 11) is 1.49. The van der Waals surface area contributed by atoms with Crippen molar-refractivity contribution in [3.05, 3.63) is 24.0 Å². The fourth-order valence-corrected chi connectivity index (χ4v) is 0.872. The van der Waals surface area contributed by atoms with Gasteiger partial charge in [0.05, 0.1) is 13.7 Å². The van der Waals surface area contributed by atoms with Gasteiger partial charge in [0, 0.05) is 24.0 Å². The molecule has 5 nitrogen and oxygen atoms in total. The second-order valence-electron chi connectivity index (χ2n) is 2.59. The van der Waals surface area contributed by atoms with Crippen molar-refractivity contribution >= 4 is 12.0 Å². The number of ether oxygens (including phenoxy) is 2. The Morgan fingerprint density at radius 3 is 2.67 bits per heavy atom. The first-order valence-corrected chi connectivity index (χ1v) is 4.47. The van der Waals surface area contributed by atoms with E-state index >= 15 is 0 Å².